The van der Waals surface area contributed by atoms with Crippen molar-refractivity contribution in [2.45, 2.75) is 32.1 Å². The summed E-state index contributed by atoms with van der Waals surface area (Å²) in [6.07, 6.45) is 6.19. The highest BCUT2D eigenvalue weighted by Crippen LogP contribution is 2.51. The lowest BCUT2D eigenvalue weighted by Crippen LogP contribution is -2.43. The van der Waals surface area contributed by atoms with Gasteiger partial charge >= 0.3 is 0 Å². The van der Waals surface area contributed by atoms with Crippen LogP contribution in [-0.2, 0) is 12.5 Å². The Kier molecular flexibility index (Phi) is 4.65. The van der Waals surface area contributed by atoms with Crippen LogP contribution in [-0.4, -0.2) is 36.9 Å². The predicted octanol–water partition coefficient (Wildman–Crippen LogP) is 3.78. The summed E-state index contributed by atoms with van der Waals surface area (Å²) in [5, 5.41) is 11.4. The number of nitrogens with zero attached hydrogens (tertiary/aromatic N) is 4. The first-order chi connectivity index (χ1) is 15.4. The molecule has 0 saturated heterocycles. The highest BCUT2D eigenvalue weighted by Gasteiger charge is 2.48. The van der Waals surface area contributed by atoms with Crippen LogP contribution in [0.1, 0.15) is 57.6 Å². The molecule has 0 unspecified atom stereocenters. The van der Waals surface area contributed by atoms with Crippen LogP contribution in [0.4, 0.5) is 5.69 Å². The van der Waals surface area contributed by atoms with E-state index >= 15 is 0 Å². The van der Waals surface area contributed by atoms with E-state index in [1.807, 2.05) is 36.7 Å². The molecular weight excluding hydrogens is 404 g/mol. The zero-order valence-electron chi connectivity index (χ0n) is 18.2. The number of H-pyrrole nitrogens is 1. The van der Waals surface area contributed by atoms with Crippen molar-refractivity contribution >= 4 is 28.9 Å². The third kappa shape index (κ3) is 3.10. The molecule has 0 spiro atoms. The van der Waals surface area contributed by atoms with E-state index in [-0.39, 0.29) is 17.0 Å². The number of rotatable bonds is 5. The van der Waals surface area contributed by atoms with Crippen molar-refractivity contribution in [3.63, 3.8) is 0 Å². The first kappa shape index (κ1) is 20.1. The number of aryl methyl sites for hydroxylation is 2. The average Bonchev–Trinajstić information content (AvgIpc) is 3.36. The van der Waals surface area contributed by atoms with Crippen LogP contribution >= 0.6 is 0 Å². The van der Waals surface area contributed by atoms with Gasteiger partial charge in [-0.1, -0.05) is 19.1 Å². The van der Waals surface area contributed by atoms with Crippen molar-refractivity contribution in [1.82, 2.24) is 24.7 Å². The SMILES string of the molecule is Cc1c[nH]c2c(C=O)cc(C(=O)Nc3cccc(C4(c5nncn5C)CC(C)C4)c3)nc12. The summed E-state index contributed by atoms with van der Waals surface area (Å²) in [5.74, 6) is 1.17. The number of hydrogen-bond acceptors (Lipinski definition) is 5. The molecule has 3 heterocycles. The monoisotopic (exact) mass is 428 g/mol. The minimum atomic E-state index is -0.359. The van der Waals surface area contributed by atoms with Crippen LogP contribution in [0, 0.1) is 12.8 Å². The van der Waals surface area contributed by atoms with Crippen LogP contribution in [0.2, 0.25) is 0 Å². The Morgan fingerprint density at radius 1 is 1.31 bits per heavy atom. The molecule has 8 nitrogen and oxygen atoms in total. The smallest absolute Gasteiger partial charge is 0.274 e. The Balaban J connectivity index is 1.48. The van der Waals surface area contributed by atoms with Gasteiger partial charge in [0, 0.05) is 24.5 Å². The van der Waals surface area contributed by atoms with Gasteiger partial charge in [-0.05, 0) is 55.0 Å². The number of fused-ring (bicyclic) bond motifs is 1. The molecule has 0 bridgehead atoms. The molecule has 5 rings (SSSR count). The molecule has 2 N–H and O–H groups in total. The van der Waals surface area contributed by atoms with Gasteiger partial charge in [0.25, 0.3) is 5.91 Å². The van der Waals surface area contributed by atoms with E-state index in [1.165, 1.54) is 6.07 Å². The van der Waals surface area contributed by atoms with Crippen molar-refractivity contribution < 1.29 is 9.59 Å². The summed E-state index contributed by atoms with van der Waals surface area (Å²) in [6, 6.07) is 9.39. The van der Waals surface area contributed by atoms with E-state index < -0.39 is 0 Å². The number of aldehydes is 1. The number of aromatic nitrogens is 5. The lowest BCUT2D eigenvalue weighted by molar-refractivity contribution is 0.102. The Hall–Kier alpha value is -3.81. The number of hydrogen-bond donors (Lipinski definition) is 2. The Bertz CT molecular complexity index is 1350. The van der Waals surface area contributed by atoms with Crippen LogP contribution in [0.3, 0.4) is 0 Å². The summed E-state index contributed by atoms with van der Waals surface area (Å²) in [4.78, 5) is 32.1. The minimum Gasteiger partial charge on any atom is -0.359 e. The van der Waals surface area contributed by atoms with Gasteiger partial charge in [-0.2, -0.15) is 0 Å². The maximum atomic E-state index is 13.0. The van der Waals surface area contributed by atoms with Gasteiger partial charge in [0.15, 0.2) is 6.29 Å². The van der Waals surface area contributed by atoms with Gasteiger partial charge in [0.1, 0.15) is 17.8 Å². The second kappa shape index (κ2) is 7.40. The molecule has 8 heteroatoms. The second-order valence-corrected chi connectivity index (χ2v) is 8.81. The maximum absolute atomic E-state index is 13.0. The van der Waals surface area contributed by atoms with Crippen molar-refractivity contribution in [3.8, 4) is 0 Å². The minimum absolute atomic E-state index is 0.202. The first-order valence-electron chi connectivity index (χ1n) is 10.6. The molecule has 0 aliphatic heterocycles. The fraction of sp³-hybridized carbons (Fsp3) is 0.292. The molecule has 1 fully saturated rings. The van der Waals surface area contributed by atoms with Crippen molar-refractivity contribution in [2.75, 3.05) is 5.32 Å². The predicted molar refractivity (Wildman–Crippen MR) is 121 cm³/mol. The highest BCUT2D eigenvalue weighted by molar-refractivity contribution is 6.06. The van der Waals surface area contributed by atoms with Crippen LogP contribution in [0.5, 0.6) is 0 Å². The van der Waals surface area contributed by atoms with Crippen molar-refractivity contribution in [2.24, 2.45) is 13.0 Å². The molecular formula is C24H24N6O2. The zero-order chi connectivity index (χ0) is 22.5. The largest absolute Gasteiger partial charge is 0.359 e. The van der Waals surface area contributed by atoms with Gasteiger partial charge in [0.05, 0.1) is 16.4 Å². The van der Waals surface area contributed by atoms with Crippen LogP contribution < -0.4 is 5.32 Å². The third-order valence-electron chi connectivity index (χ3n) is 6.42. The van der Waals surface area contributed by atoms with E-state index in [1.54, 1.807) is 12.5 Å². The summed E-state index contributed by atoms with van der Waals surface area (Å²) >= 11 is 0. The number of benzene rings is 1. The molecule has 1 aromatic carbocycles. The van der Waals surface area contributed by atoms with Gasteiger partial charge in [-0.3, -0.25) is 9.59 Å². The van der Waals surface area contributed by atoms with E-state index in [9.17, 15) is 9.59 Å². The number of anilines is 1. The number of pyridine rings is 1. The quantitative estimate of drug-likeness (QED) is 0.471. The molecule has 1 amide bonds. The molecule has 1 aliphatic carbocycles. The molecule has 0 atom stereocenters. The standard InChI is InChI=1S/C24H24N6O2/c1-14-9-24(10-14,23-29-26-13-30(23)3)17-5-4-6-18(8-17)27-22(32)19-7-16(12-31)21-20(28-19)15(2)11-25-21/h4-8,11-14,25H,9-10H2,1-3H3,(H,27,32). The highest BCUT2D eigenvalue weighted by atomic mass is 16.2. The zero-order valence-corrected chi connectivity index (χ0v) is 18.2. The van der Waals surface area contributed by atoms with Crippen molar-refractivity contribution in [1.29, 1.82) is 0 Å². The number of amides is 1. The molecule has 1 saturated carbocycles. The third-order valence-corrected chi connectivity index (χ3v) is 6.42. The average molecular weight is 428 g/mol. The fourth-order valence-corrected chi connectivity index (χ4v) is 4.94. The molecule has 3 aromatic heterocycles. The Labute approximate surface area is 185 Å². The Morgan fingerprint density at radius 2 is 2.12 bits per heavy atom. The van der Waals surface area contributed by atoms with Crippen molar-refractivity contribution in [3.05, 3.63) is 71.1 Å². The Morgan fingerprint density at radius 3 is 2.81 bits per heavy atom. The fourth-order valence-electron chi connectivity index (χ4n) is 4.94. The van der Waals surface area contributed by atoms with E-state index in [4.69, 9.17) is 0 Å². The lowest BCUT2D eigenvalue weighted by atomic mass is 9.58. The summed E-state index contributed by atoms with van der Waals surface area (Å²) in [6.45, 7) is 4.12. The molecule has 1 aliphatic rings. The molecule has 4 aromatic rings. The molecule has 32 heavy (non-hydrogen) atoms. The van der Waals surface area contributed by atoms with Crippen LogP contribution in [0.25, 0.3) is 11.0 Å². The number of nitrogens with one attached hydrogen (secondary N) is 2. The van der Waals surface area contributed by atoms with Gasteiger partial charge in [0.2, 0.25) is 0 Å². The topological polar surface area (TPSA) is 106 Å². The number of carbonyl (C=O) groups is 2. The normalized spacial score (nSPS) is 20.2. The summed E-state index contributed by atoms with van der Waals surface area (Å²) < 4.78 is 1.97. The number of carbonyl (C=O) groups excluding carboxylic acids is 2. The van der Waals surface area contributed by atoms with E-state index in [2.05, 4.69) is 38.5 Å². The van der Waals surface area contributed by atoms with E-state index in [0.29, 0.717) is 28.2 Å². The van der Waals surface area contributed by atoms with Gasteiger partial charge in [-0.15, -0.1) is 10.2 Å². The summed E-state index contributed by atoms with van der Waals surface area (Å²) in [7, 11) is 1.96. The molecule has 0 radical (unpaired) electrons. The second-order valence-electron chi connectivity index (χ2n) is 8.81. The van der Waals surface area contributed by atoms with E-state index in [0.717, 1.165) is 36.1 Å². The maximum Gasteiger partial charge on any atom is 0.274 e. The van der Waals surface area contributed by atoms with Crippen LogP contribution in [0.15, 0.2) is 42.9 Å². The first-order valence-corrected chi connectivity index (χ1v) is 10.6. The van der Waals surface area contributed by atoms with Gasteiger partial charge < -0.3 is 14.9 Å². The number of aromatic amines is 1. The van der Waals surface area contributed by atoms with Gasteiger partial charge in [-0.25, -0.2) is 4.98 Å². The molecule has 162 valence electrons. The lowest BCUT2D eigenvalue weighted by Gasteiger charge is -2.46. The summed E-state index contributed by atoms with van der Waals surface area (Å²) in [5.41, 5.74) is 4.31.